The molecule has 2 aliphatic heterocycles. The summed E-state index contributed by atoms with van der Waals surface area (Å²) in [6.45, 7) is 1.83. The summed E-state index contributed by atoms with van der Waals surface area (Å²) in [5.41, 5.74) is 1.23. The van der Waals surface area contributed by atoms with Crippen LogP contribution in [0.25, 0.3) is 0 Å². The number of fused-ring (bicyclic) bond motifs is 1. The predicted octanol–water partition coefficient (Wildman–Crippen LogP) is 3.65. The first-order chi connectivity index (χ1) is 12.7. The van der Waals surface area contributed by atoms with Crippen LogP contribution in [0.15, 0.2) is 30.3 Å². The van der Waals surface area contributed by atoms with Crippen molar-refractivity contribution in [1.29, 1.82) is 0 Å². The normalized spacial score (nSPS) is 33.0. The molecule has 6 heteroatoms. The lowest BCUT2D eigenvalue weighted by atomic mass is 9.94. The third-order valence-corrected chi connectivity index (χ3v) is 6.66. The first-order valence-corrected chi connectivity index (χ1v) is 10.5. The number of hydrogen-bond donors (Lipinski definition) is 0. The van der Waals surface area contributed by atoms with E-state index in [0.29, 0.717) is 6.61 Å². The van der Waals surface area contributed by atoms with E-state index in [1.54, 1.807) is 11.8 Å². The van der Waals surface area contributed by atoms with Crippen molar-refractivity contribution in [2.45, 2.75) is 74.3 Å². The maximum Gasteiger partial charge on any atom is 0.304 e. The molecular formula is C20H26O5S. The Labute approximate surface area is 158 Å². The smallest absolute Gasteiger partial charge is 0.304 e. The lowest BCUT2D eigenvalue weighted by Gasteiger charge is -2.36. The van der Waals surface area contributed by atoms with E-state index >= 15 is 0 Å². The number of benzene rings is 1. The van der Waals surface area contributed by atoms with Crippen LogP contribution >= 0.6 is 11.8 Å². The van der Waals surface area contributed by atoms with Crippen LogP contribution in [-0.2, 0) is 29.5 Å². The maximum absolute atomic E-state index is 11.5. The second kappa shape index (κ2) is 7.89. The molecule has 5 nitrogen and oxygen atoms in total. The van der Waals surface area contributed by atoms with Crippen LogP contribution in [0.2, 0.25) is 0 Å². The minimum Gasteiger partial charge on any atom is -0.435 e. The molecule has 4 rings (SSSR count). The van der Waals surface area contributed by atoms with Gasteiger partial charge in [0.15, 0.2) is 5.79 Å². The van der Waals surface area contributed by atoms with Crippen LogP contribution in [0.4, 0.5) is 0 Å². The lowest BCUT2D eigenvalue weighted by molar-refractivity contribution is -0.199. The van der Waals surface area contributed by atoms with Crippen LogP contribution < -0.4 is 0 Å². The molecule has 2 saturated heterocycles. The Hall–Kier alpha value is -1.08. The van der Waals surface area contributed by atoms with Crippen molar-refractivity contribution >= 4 is 17.7 Å². The van der Waals surface area contributed by atoms with E-state index in [0.717, 1.165) is 31.4 Å². The highest BCUT2D eigenvalue weighted by Gasteiger charge is 2.55. The quantitative estimate of drug-likeness (QED) is 0.746. The van der Waals surface area contributed by atoms with Crippen LogP contribution in [-0.4, -0.2) is 42.1 Å². The van der Waals surface area contributed by atoms with Gasteiger partial charge in [0.25, 0.3) is 0 Å². The van der Waals surface area contributed by atoms with E-state index in [2.05, 4.69) is 12.1 Å². The molecule has 26 heavy (non-hydrogen) atoms. The van der Waals surface area contributed by atoms with E-state index in [1.807, 2.05) is 18.2 Å². The van der Waals surface area contributed by atoms with E-state index < -0.39 is 12.1 Å². The molecule has 0 unspecified atom stereocenters. The fraction of sp³-hybridized carbons (Fsp3) is 0.650. The fourth-order valence-corrected chi connectivity index (χ4v) is 5.36. The van der Waals surface area contributed by atoms with Crippen molar-refractivity contribution in [3.05, 3.63) is 35.9 Å². The third kappa shape index (κ3) is 3.93. The molecule has 142 valence electrons. The molecule has 3 aliphatic rings. The van der Waals surface area contributed by atoms with E-state index in [-0.39, 0.29) is 23.4 Å². The fourth-order valence-electron chi connectivity index (χ4n) is 4.07. The molecule has 0 radical (unpaired) electrons. The summed E-state index contributed by atoms with van der Waals surface area (Å²) in [5, 5.41) is -0.0980. The minimum absolute atomic E-state index is 0.0896. The lowest BCUT2D eigenvalue weighted by Crippen LogP contribution is -2.51. The zero-order chi connectivity index (χ0) is 18.0. The molecule has 0 N–H and O–H groups in total. The second-order valence-electron chi connectivity index (χ2n) is 7.28. The molecule has 0 bridgehead atoms. The highest BCUT2D eigenvalue weighted by Crippen LogP contribution is 2.46. The van der Waals surface area contributed by atoms with Gasteiger partial charge in [-0.1, -0.05) is 36.8 Å². The van der Waals surface area contributed by atoms with Gasteiger partial charge in [0.1, 0.15) is 12.2 Å². The van der Waals surface area contributed by atoms with Crippen molar-refractivity contribution in [1.82, 2.24) is 0 Å². The molecule has 1 aromatic carbocycles. The van der Waals surface area contributed by atoms with Crippen molar-refractivity contribution in [3.8, 4) is 0 Å². The Morgan fingerprint density at radius 3 is 2.69 bits per heavy atom. The zero-order valence-corrected chi connectivity index (χ0v) is 15.9. The molecule has 0 amide bonds. The van der Waals surface area contributed by atoms with Gasteiger partial charge in [-0.05, 0) is 18.4 Å². The van der Waals surface area contributed by atoms with Crippen molar-refractivity contribution in [2.24, 2.45) is 0 Å². The van der Waals surface area contributed by atoms with Gasteiger partial charge in [0, 0.05) is 25.5 Å². The number of hydrogen-bond acceptors (Lipinski definition) is 6. The monoisotopic (exact) mass is 378 g/mol. The average Bonchev–Trinajstić information content (AvgIpc) is 2.99. The zero-order valence-electron chi connectivity index (χ0n) is 15.1. The largest absolute Gasteiger partial charge is 0.435 e. The van der Waals surface area contributed by atoms with Gasteiger partial charge in [0.2, 0.25) is 6.29 Å². The number of ether oxygens (including phenoxy) is 4. The topological polar surface area (TPSA) is 54.0 Å². The number of carbonyl (C=O) groups excluding carboxylic acids is 1. The van der Waals surface area contributed by atoms with Crippen LogP contribution in [0.5, 0.6) is 0 Å². The SMILES string of the molecule is CC(=O)O[C@@H]1OC[C@H]2OC3(CCCCC3)O[C@@H]2[C@@H]1SCc1ccccc1. The Morgan fingerprint density at radius 2 is 1.96 bits per heavy atom. The average molecular weight is 378 g/mol. The van der Waals surface area contributed by atoms with E-state index in [4.69, 9.17) is 18.9 Å². The Kier molecular flexibility index (Phi) is 5.55. The molecule has 0 aromatic heterocycles. The molecule has 3 fully saturated rings. The molecule has 1 aromatic rings. The van der Waals surface area contributed by atoms with Crippen molar-refractivity contribution in [2.75, 3.05) is 6.61 Å². The maximum atomic E-state index is 11.5. The first-order valence-electron chi connectivity index (χ1n) is 9.45. The standard InChI is InChI=1S/C20H26O5S/c1-14(21)23-19-18(26-13-15-8-4-2-5-9-15)17-16(12-22-19)24-20(25-17)10-6-3-7-11-20/h2,4-5,8-9,16-19H,3,6-7,10-13H2,1H3/t16-,17+,18+,19+/m1/s1. The number of rotatable bonds is 4. The third-order valence-electron chi connectivity index (χ3n) is 5.28. The van der Waals surface area contributed by atoms with Gasteiger partial charge in [0.05, 0.1) is 11.9 Å². The van der Waals surface area contributed by atoms with Gasteiger partial charge in [-0.3, -0.25) is 4.79 Å². The van der Waals surface area contributed by atoms with Crippen molar-refractivity contribution < 1.29 is 23.7 Å². The summed E-state index contributed by atoms with van der Waals surface area (Å²) >= 11 is 1.72. The Balaban J connectivity index is 1.50. The van der Waals surface area contributed by atoms with E-state index in [9.17, 15) is 4.79 Å². The molecule has 2 heterocycles. The van der Waals surface area contributed by atoms with Crippen molar-refractivity contribution in [3.63, 3.8) is 0 Å². The number of carbonyl (C=O) groups is 1. The molecular weight excluding hydrogens is 352 g/mol. The van der Waals surface area contributed by atoms with Crippen LogP contribution in [0.3, 0.4) is 0 Å². The summed E-state index contributed by atoms with van der Waals surface area (Å²) in [6, 6.07) is 10.3. The highest BCUT2D eigenvalue weighted by molar-refractivity contribution is 7.99. The van der Waals surface area contributed by atoms with Crippen LogP contribution in [0.1, 0.15) is 44.6 Å². The number of esters is 1. The summed E-state index contributed by atoms with van der Waals surface area (Å²) in [5.74, 6) is 0.0184. The van der Waals surface area contributed by atoms with Gasteiger partial charge in [-0.25, -0.2) is 0 Å². The summed E-state index contributed by atoms with van der Waals surface area (Å²) < 4.78 is 24.1. The van der Waals surface area contributed by atoms with Gasteiger partial charge < -0.3 is 18.9 Å². The Bertz CT molecular complexity index is 616. The molecule has 1 aliphatic carbocycles. The molecule has 1 spiro atoms. The molecule has 4 atom stereocenters. The molecule has 1 saturated carbocycles. The minimum atomic E-state index is -0.593. The number of thioether (sulfide) groups is 1. The van der Waals surface area contributed by atoms with E-state index in [1.165, 1.54) is 18.9 Å². The predicted molar refractivity (Wildman–Crippen MR) is 98.6 cm³/mol. The summed E-state index contributed by atoms with van der Waals surface area (Å²) in [6.07, 6.45) is 4.59. The van der Waals surface area contributed by atoms with Gasteiger partial charge in [-0.15, -0.1) is 11.8 Å². The highest BCUT2D eigenvalue weighted by atomic mass is 32.2. The second-order valence-corrected chi connectivity index (χ2v) is 8.45. The Morgan fingerprint density at radius 1 is 1.19 bits per heavy atom. The van der Waals surface area contributed by atoms with Crippen LogP contribution in [0, 0.1) is 0 Å². The summed E-state index contributed by atoms with van der Waals surface area (Å²) in [7, 11) is 0. The van der Waals surface area contributed by atoms with Gasteiger partial charge >= 0.3 is 5.97 Å². The van der Waals surface area contributed by atoms with Gasteiger partial charge in [-0.2, -0.15) is 0 Å². The first kappa shape index (κ1) is 18.3. The summed E-state index contributed by atoms with van der Waals surface area (Å²) in [4.78, 5) is 11.5.